The number of hydrogen-bond acceptors (Lipinski definition) is 3. The second-order valence-corrected chi connectivity index (χ2v) is 4.47. The molecule has 1 rings (SSSR count). The van der Waals surface area contributed by atoms with Crippen molar-refractivity contribution in [2.24, 2.45) is 0 Å². The minimum Gasteiger partial charge on any atom is -0.493 e. The number of ether oxygens (including phenoxy) is 2. The summed E-state index contributed by atoms with van der Waals surface area (Å²) in [7, 11) is 1.58. The van der Waals surface area contributed by atoms with E-state index in [0.717, 1.165) is 25.5 Å². The first kappa shape index (κ1) is 14.0. The van der Waals surface area contributed by atoms with E-state index in [9.17, 15) is 4.79 Å². The van der Waals surface area contributed by atoms with Crippen LogP contribution in [-0.2, 0) is 0 Å². The zero-order chi connectivity index (χ0) is 12.7. The lowest BCUT2D eigenvalue weighted by Crippen LogP contribution is -2.01. The zero-order valence-corrected chi connectivity index (χ0v) is 11.7. The van der Waals surface area contributed by atoms with Crippen LogP contribution in [0, 0.1) is 0 Å². The number of hydrogen-bond donors (Lipinski definition) is 0. The van der Waals surface area contributed by atoms with Gasteiger partial charge >= 0.3 is 0 Å². The van der Waals surface area contributed by atoms with Crippen LogP contribution in [0.15, 0.2) is 16.6 Å². The molecule has 0 heterocycles. The van der Waals surface area contributed by atoms with Crippen molar-refractivity contribution in [3.63, 3.8) is 0 Å². The fourth-order valence-electron chi connectivity index (χ4n) is 1.47. The van der Waals surface area contributed by atoms with Gasteiger partial charge in [-0.3, -0.25) is 4.79 Å². The average Bonchev–Trinajstić information content (AvgIpc) is 2.36. The van der Waals surface area contributed by atoms with E-state index in [1.165, 1.54) is 0 Å². The fourth-order valence-corrected chi connectivity index (χ4v) is 2.00. The third kappa shape index (κ3) is 3.73. The van der Waals surface area contributed by atoms with Crippen molar-refractivity contribution in [3.8, 4) is 11.5 Å². The molecule has 0 unspecified atom stereocenters. The molecule has 0 aliphatic heterocycles. The fraction of sp³-hybridized carbons (Fsp3) is 0.462. The second kappa shape index (κ2) is 7.33. The van der Waals surface area contributed by atoms with E-state index in [4.69, 9.17) is 9.47 Å². The van der Waals surface area contributed by atoms with Crippen molar-refractivity contribution in [3.05, 3.63) is 22.2 Å². The topological polar surface area (TPSA) is 35.5 Å². The van der Waals surface area contributed by atoms with Gasteiger partial charge in [0.05, 0.1) is 18.2 Å². The van der Waals surface area contributed by atoms with Crippen LogP contribution in [-0.4, -0.2) is 20.0 Å². The molecule has 1 aromatic rings. The molecule has 17 heavy (non-hydrogen) atoms. The molecule has 1 aromatic carbocycles. The number of aldehydes is 1. The molecule has 0 radical (unpaired) electrons. The van der Waals surface area contributed by atoms with Gasteiger partial charge in [-0.05, 0) is 34.5 Å². The number of rotatable bonds is 7. The van der Waals surface area contributed by atoms with E-state index in [-0.39, 0.29) is 0 Å². The van der Waals surface area contributed by atoms with Gasteiger partial charge < -0.3 is 9.47 Å². The van der Waals surface area contributed by atoms with Crippen LogP contribution < -0.4 is 9.47 Å². The molecular formula is C13H17BrO3. The largest absolute Gasteiger partial charge is 0.493 e. The third-order valence-corrected chi connectivity index (χ3v) is 3.25. The Balaban J connectivity index is 2.82. The first-order chi connectivity index (χ1) is 8.24. The highest BCUT2D eigenvalue weighted by molar-refractivity contribution is 9.10. The van der Waals surface area contributed by atoms with E-state index in [1.807, 2.05) is 0 Å². The van der Waals surface area contributed by atoms with Crippen LogP contribution in [0.5, 0.6) is 11.5 Å². The van der Waals surface area contributed by atoms with Gasteiger partial charge in [0.15, 0.2) is 17.8 Å². The number of carbonyl (C=O) groups is 1. The lowest BCUT2D eigenvalue weighted by atomic mass is 10.2. The van der Waals surface area contributed by atoms with Crippen molar-refractivity contribution in [2.45, 2.75) is 26.2 Å². The number of unbranched alkanes of at least 4 members (excludes halogenated alkanes) is 2. The van der Waals surface area contributed by atoms with Gasteiger partial charge in [-0.25, -0.2) is 0 Å². The van der Waals surface area contributed by atoms with Gasteiger partial charge in [0.25, 0.3) is 0 Å². The Kier molecular flexibility index (Phi) is 6.05. The van der Waals surface area contributed by atoms with Crippen molar-refractivity contribution in [2.75, 3.05) is 13.7 Å². The van der Waals surface area contributed by atoms with Crippen molar-refractivity contribution in [1.82, 2.24) is 0 Å². The molecule has 0 saturated carbocycles. The van der Waals surface area contributed by atoms with Gasteiger partial charge in [-0.2, -0.15) is 0 Å². The normalized spacial score (nSPS) is 10.1. The summed E-state index contributed by atoms with van der Waals surface area (Å²) >= 11 is 3.37. The molecule has 94 valence electrons. The Morgan fingerprint density at radius 2 is 2.12 bits per heavy atom. The maximum atomic E-state index is 10.8. The minimum atomic E-state index is 0.566. The Morgan fingerprint density at radius 1 is 1.35 bits per heavy atom. The molecule has 0 aliphatic carbocycles. The Morgan fingerprint density at radius 3 is 2.71 bits per heavy atom. The van der Waals surface area contributed by atoms with Gasteiger partial charge in [0, 0.05) is 5.56 Å². The smallest absolute Gasteiger partial charge is 0.176 e. The van der Waals surface area contributed by atoms with Crippen molar-refractivity contribution in [1.29, 1.82) is 0 Å². The zero-order valence-electron chi connectivity index (χ0n) is 10.2. The highest BCUT2D eigenvalue weighted by Gasteiger charge is 2.12. The molecule has 0 aromatic heterocycles. The molecule has 0 N–H and O–H groups in total. The average molecular weight is 301 g/mol. The van der Waals surface area contributed by atoms with Gasteiger partial charge in [0.2, 0.25) is 0 Å². The van der Waals surface area contributed by atoms with Crippen LogP contribution >= 0.6 is 15.9 Å². The monoisotopic (exact) mass is 300 g/mol. The first-order valence-corrected chi connectivity index (χ1v) is 6.48. The Hall–Kier alpha value is -1.03. The molecule has 0 amide bonds. The highest BCUT2D eigenvalue weighted by atomic mass is 79.9. The molecule has 3 nitrogen and oxygen atoms in total. The lowest BCUT2D eigenvalue weighted by Gasteiger charge is -2.13. The second-order valence-electron chi connectivity index (χ2n) is 3.67. The van der Waals surface area contributed by atoms with Crippen molar-refractivity contribution < 1.29 is 14.3 Å². The molecule has 0 aliphatic rings. The molecule has 0 atom stereocenters. The molecule has 4 heteroatoms. The van der Waals surface area contributed by atoms with Crippen molar-refractivity contribution >= 4 is 22.2 Å². The summed E-state index contributed by atoms with van der Waals surface area (Å²) in [6, 6.07) is 3.44. The van der Waals surface area contributed by atoms with Gasteiger partial charge in [-0.1, -0.05) is 19.8 Å². The summed E-state index contributed by atoms with van der Waals surface area (Å²) < 4.78 is 11.5. The van der Waals surface area contributed by atoms with E-state index < -0.39 is 0 Å². The molecular weight excluding hydrogens is 284 g/mol. The van der Waals surface area contributed by atoms with Gasteiger partial charge in [0.1, 0.15) is 0 Å². The van der Waals surface area contributed by atoms with Crippen LogP contribution in [0.1, 0.15) is 36.5 Å². The Bertz CT molecular complexity index is 377. The predicted molar refractivity (Wildman–Crippen MR) is 71.1 cm³/mol. The third-order valence-electron chi connectivity index (χ3n) is 2.43. The number of methoxy groups -OCH3 is 1. The van der Waals surface area contributed by atoms with Crippen LogP contribution in [0.3, 0.4) is 0 Å². The minimum absolute atomic E-state index is 0.566. The quantitative estimate of drug-likeness (QED) is 0.567. The molecule has 0 spiro atoms. The molecule has 0 saturated heterocycles. The summed E-state index contributed by atoms with van der Waals surface area (Å²) in [5.41, 5.74) is 0.566. The SMILES string of the molecule is CCCCCOc1c(OC)ccc(C=O)c1Br. The van der Waals surface area contributed by atoms with Crippen LogP contribution in [0.25, 0.3) is 0 Å². The summed E-state index contributed by atoms with van der Waals surface area (Å²) in [6.07, 6.45) is 4.07. The maximum Gasteiger partial charge on any atom is 0.176 e. The first-order valence-electron chi connectivity index (χ1n) is 5.69. The summed E-state index contributed by atoms with van der Waals surface area (Å²) in [4.78, 5) is 10.8. The summed E-state index contributed by atoms with van der Waals surface area (Å²) in [6.45, 7) is 2.77. The Labute approximate surface area is 110 Å². The van der Waals surface area contributed by atoms with E-state index in [0.29, 0.717) is 28.1 Å². The van der Waals surface area contributed by atoms with E-state index in [1.54, 1.807) is 19.2 Å². The van der Waals surface area contributed by atoms with Crippen LogP contribution in [0.4, 0.5) is 0 Å². The summed E-state index contributed by atoms with van der Waals surface area (Å²) in [5, 5.41) is 0. The summed E-state index contributed by atoms with van der Waals surface area (Å²) in [5.74, 6) is 1.24. The number of benzene rings is 1. The lowest BCUT2D eigenvalue weighted by molar-refractivity contribution is 0.112. The predicted octanol–water partition coefficient (Wildman–Crippen LogP) is 3.84. The number of carbonyl (C=O) groups excluding carboxylic acids is 1. The molecule has 0 bridgehead atoms. The molecule has 0 fully saturated rings. The standard InChI is InChI=1S/C13H17BrO3/c1-3-4-5-8-17-13-11(16-2)7-6-10(9-15)12(13)14/h6-7,9H,3-5,8H2,1-2H3. The highest BCUT2D eigenvalue weighted by Crippen LogP contribution is 2.37. The van der Waals surface area contributed by atoms with Crippen LogP contribution in [0.2, 0.25) is 0 Å². The number of halogens is 1. The van der Waals surface area contributed by atoms with E-state index in [2.05, 4.69) is 22.9 Å². The maximum absolute atomic E-state index is 10.8. The van der Waals surface area contributed by atoms with E-state index >= 15 is 0 Å². The van der Waals surface area contributed by atoms with Gasteiger partial charge in [-0.15, -0.1) is 0 Å².